The van der Waals surface area contributed by atoms with Crippen molar-refractivity contribution in [1.82, 2.24) is 0 Å². The van der Waals surface area contributed by atoms with E-state index in [1.807, 2.05) is 26.0 Å². The Labute approximate surface area is 128 Å². The monoisotopic (exact) mass is 300 g/mol. The van der Waals surface area contributed by atoms with Gasteiger partial charge in [-0.1, -0.05) is 17.3 Å². The Balaban J connectivity index is 2.40. The predicted molar refractivity (Wildman–Crippen MR) is 83.7 cm³/mol. The number of rotatable bonds is 5. The first kappa shape index (κ1) is 15.5. The van der Waals surface area contributed by atoms with Crippen LogP contribution in [0.4, 0.5) is 5.69 Å². The Morgan fingerprint density at radius 1 is 1.18 bits per heavy atom. The molecular weight excluding hydrogens is 284 g/mol. The second kappa shape index (κ2) is 6.71. The van der Waals surface area contributed by atoms with Gasteiger partial charge in [0.2, 0.25) is 5.75 Å². The highest BCUT2D eigenvalue weighted by Gasteiger charge is 2.17. The van der Waals surface area contributed by atoms with Gasteiger partial charge in [-0.05, 0) is 43.2 Å². The van der Waals surface area contributed by atoms with E-state index in [1.165, 1.54) is 19.4 Å². The number of benzene rings is 2. The fraction of sp³-hybridized carbons (Fsp3) is 0.188. The predicted octanol–water partition coefficient (Wildman–Crippen LogP) is 3.98. The molecule has 0 saturated carbocycles. The normalized spacial score (nSPS) is 10.7. The molecule has 6 heteroatoms. The molecule has 0 aliphatic carbocycles. The zero-order chi connectivity index (χ0) is 16.1. The Hall–Kier alpha value is -2.89. The van der Waals surface area contributed by atoms with Gasteiger partial charge < -0.3 is 9.57 Å². The first-order valence-corrected chi connectivity index (χ1v) is 6.62. The highest BCUT2D eigenvalue weighted by molar-refractivity contribution is 5.81. The lowest BCUT2D eigenvalue weighted by Crippen LogP contribution is -1.97. The minimum absolute atomic E-state index is 0.124. The Morgan fingerprint density at radius 3 is 2.64 bits per heavy atom. The van der Waals surface area contributed by atoms with Crippen LogP contribution >= 0.6 is 0 Å². The largest absolute Gasteiger partial charge is 0.450 e. The van der Waals surface area contributed by atoms with E-state index in [9.17, 15) is 10.1 Å². The molecule has 0 saturated heterocycles. The molecule has 0 heterocycles. The second-order valence-corrected chi connectivity index (χ2v) is 4.70. The lowest BCUT2D eigenvalue weighted by atomic mass is 10.1. The van der Waals surface area contributed by atoms with Gasteiger partial charge in [0.1, 0.15) is 12.9 Å². The SMILES string of the molecule is CO/N=C\c1ccc(Oc2cccc(C)c2C)c([N+](=O)[O-])c1. The van der Waals surface area contributed by atoms with Crippen LogP contribution in [0.5, 0.6) is 11.5 Å². The summed E-state index contributed by atoms with van der Waals surface area (Å²) in [6, 6.07) is 10.2. The van der Waals surface area contributed by atoms with Crippen molar-refractivity contribution in [2.75, 3.05) is 7.11 Å². The molecule has 0 N–H and O–H groups in total. The molecule has 0 amide bonds. The average Bonchev–Trinajstić information content (AvgIpc) is 2.50. The molecular formula is C16H16N2O4. The van der Waals surface area contributed by atoms with E-state index in [2.05, 4.69) is 9.99 Å². The van der Waals surface area contributed by atoms with Crippen molar-refractivity contribution in [3.63, 3.8) is 0 Å². The highest BCUT2D eigenvalue weighted by Crippen LogP contribution is 2.34. The van der Waals surface area contributed by atoms with E-state index in [4.69, 9.17) is 4.74 Å². The summed E-state index contributed by atoms with van der Waals surface area (Å²) < 4.78 is 5.72. The molecule has 0 aromatic heterocycles. The summed E-state index contributed by atoms with van der Waals surface area (Å²) in [6.45, 7) is 3.87. The van der Waals surface area contributed by atoms with Crippen molar-refractivity contribution in [2.45, 2.75) is 13.8 Å². The molecule has 0 atom stereocenters. The van der Waals surface area contributed by atoms with Crippen LogP contribution < -0.4 is 4.74 Å². The first-order chi connectivity index (χ1) is 10.5. The number of nitrogens with zero attached hydrogens (tertiary/aromatic N) is 2. The summed E-state index contributed by atoms with van der Waals surface area (Å²) in [5, 5.41) is 14.8. The standard InChI is InChI=1S/C16H16N2O4/c1-11-5-4-6-15(12(11)2)22-16-8-7-13(10-17-21-3)9-14(16)18(19)20/h4-10H,1-3H3/b17-10-. The van der Waals surface area contributed by atoms with Gasteiger partial charge in [0.05, 0.1) is 11.1 Å². The third kappa shape index (κ3) is 3.41. The number of nitro benzene ring substituents is 1. The molecule has 2 rings (SSSR count). The summed E-state index contributed by atoms with van der Waals surface area (Å²) in [4.78, 5) is 15.3. The third-order valence-electron chi connectivity index (χ3n) is 3.26. The van der Waals surface area contributed by atoms with Crippen molar-refractivity contribution in [1.29, 1.82) is 0 Å². The summed E-state index contributed by atoms with van der Waals surface area (Å²) in [7, 11) is 1.41. The van der Waals surface area contributed by atoms with Gasteiger partial charge in [-0.2, -0.15) is 0 Å². The zero-order valence-corrected chi connectivity index (χ0v) is 12.6. The molecule has 114 valence electrons. The quantitative estimate of drug-likeness (QED) is 0.475. The smallest absolute Gasteiger partial charge is 0.312 e. The number of aryl methyl sites for hydroxylation is 1. The molecule has 2 aromatic rings. The molecule has 0 aliphatic rings. The first-order valence-electron chi connectivity index (χ1n) is 6.62. The van der Waals surface area contributed by atoms with Crippen LogP contribution in [0.2, 0.25) is 0 Å². The minimum atomic E-state index is -0.482. The van der Waals surface area contributed by atoms with Gasteiger partial charge in [0, 0.05) is 11.6 Å². The van der Waals surface area contributed by atoms with Crippen LogP contribution in [0.15, 0.2) is 41.6 Å². The number of nitro groups is 1. The maximum absolute atomic E-state index is 11.2. The van der Waals surface area contributed by atoms with E-state index < -0.39 is 4.92 Å². The van der Waals surface area contributed by atoms with Crippen LogP contribution in [0.25, 0.3) is 0 Å². The Morgan fingerprint density at radius 2 is 1.95 bits per heavy atom. The molecule has 6 nitrogen and oxygen atoms in total. The van der Waals surface area contributed by atoms with E-state index in [0.29, 0.717) is 11.3 Å². The van der Waals surface area contributed by atoms with Crippen molar-refractivity contribution in [2.24, 2.45) is 5.16 Å². The van der Waals surface area contributed by atoms with Crippen molar-refractivity contribution in [3.05, 3.63) is 63.2 Å². The van der Waals surface area contributed by atoms with E-state index in [-0.39, 0.29) is 11.4 Å². The fourth-order valence-electron chi connectivity index (χ4n) is 1.91. The van der Waals surface area contributed by atoms with E-state index in [1.54, 1.807) is 18.2 Å². The van der Waals surface area contributed by atoms with E-state index in [0.717, 1.165) is 11.1 Å². The number of hydrogen-bond donors (Lipinski definition) is 0. The maximum Gasteiger partial charge on any atom is 0.312 e. The number of oxime groups is 1. The average molecular weight is 300 g/mol. The van der Waals surface area contributed by atoms with Gasteiger partial charge >= 0.3 is 5.69 Å². The molecule has 0 fully saturated rings. The van der Waals surface area contributed by atoms with Crippen LogP contribution in [-0.2, 0) is 4.84 Å². The van der Waals surface area contributed by atoms with Crippen LogP contribution in [-0.4, -0.2) is 18.2 Å². The van der Waals surface area contributed by atoms with Crippen LogP contribution in [0.3, 0.4) is 0 Å². The van der Waals surface area contributed by atoms with Gasteiger partial charge in [0.15, 0.2) is 0 Å². The molecule has 0 aliphatic heterocycles. The molecule has 2 aromatic carbocycles. The second-order valence-electron chi connectivity index (χ2n) is 4.70. The van der Waals surface area contributed by atoms with Crippen LogP contribution in [0, 0.1) is 24.0 Å². The lowest BCUT2D eigenvalue weighted by molar-refractivity contribution is -0.385. The van der Waals surface area contributed by atoms with Crippen molar-refractivity contribution < 1.29 is 14.5 Å². The zero-order valence-electron chi connectivity index (χ0n) is 12.6. The lowest BCUT2D eigenvalue weighted by Gasteiger charge is -2.11. The molecule has 0 unspecified atom stereocenters. The minimum Gasteiger partial charge on any atom is -0.450 e. The topological polar surface area (TPSA) is 74.0 Å². The van der Waals surface area contributed by atoms with Crippen molar-refractivity contribution >= 4 is 11.9 Å². The van der Waals surface area contributed by atoms with Crippen LogP contribution in [0.1, 0.15) is 16.7 Å². The van der Waals surface area contributed by atoms with Crippen molar-refractivity contribution in [3.8, 4) is 11.5 Å². The highest BCUT2D eigenvalue weighted by atomic mass is 16.6. The summed E-state index contributed by atoms with van der Waals surface area (Å²) in [5.74, 6) is 0.787. The molecule has 22 heavy (non-hydrogen) atoms. The van der Waals surface area contributed by atoms with Gasteiger partial charge in [-0.25, -0.2) is 0 Å². The van der Waals surface area contributed by atoms with Gasteiger partial charge in [0.25, 0.3) is 0 Å². The summed E-state index contributed by atoms with van der Waals surface area (Å²) in [5.41, 5.74) is 2.44. The molecule has 0 spiro atoms. The third-order valence-corrected chi connectivity index (χ3v) is 3.26. The van der Waals surface area contributed by atoms with Gasteiger partial charge in [-0.15, -0.1) is 0 Å². The fourth-order valence-corrected chi connectivity index (χ4v) is 1.91. The number of ether oxygens (including phenoxy) is 1. The summed E-state index contributed by atoms with van der Waals surface area (Å²) in [6.07, 6.45) is 1.40. The Bertz CT molecular complexity index is 726. The summed E-state index contributed by atoms with van der Waals surface area (Å²) >= 11 is 0. The van der Waals surface area contributed by atoms with E-state index >= 15 is 0 Å². The number of hydrogen-bond acceptors (Lipinski definition) is 5. The maximum atomic E-state index is 11.2. The van der Waals surface area contributed by atoms with Gasteiger partial charge in [-0.3, -0.25) is 10.1 Å². The molecule has 0 bridgehead atoms. The molecule has 0 radical (unpaired) electrons. The Kier molecular flexibility index (Phi) is 4.73.